The standard InChI is InChI=1S/C14H10Br2N2O3/c15-10-3-1-8(2-4-10)14(21)18-17-7-9-5-11(16)13(20)6-12(9)19/h1-7,19-20H,(H,18,21)/b17-7+. The van der Waals surface area contributed by atoms with Crippen LogP contribution in [-0.4, -0.2) is 22.3 Å². The van der Waals surface area contributed by atoms with Gasteiger partial charge in [-0.1, -0.05) is 15.9 Å². The predicted molar refractivity (Wildman–Crippen MR) is 86.7 cm³/mol. The second kappa shape index (κ2) is 6.73. The van der Waals surface area contributed by atoms with E-state index in [0.29, 0.717) is 15.6 Å². The van der Waals surface area contributed by atoms with Crippen molar-refractivity contribution >= 4 is 44.0 Å². The minimum absolute atomic E-state index is 0.0800. The molecule has 0 bridgehead atoms. The Morgan fingerprint density at radius 2 is 1.76 bits per heavy atom. The lowest BCUT2D eigenvalue weighted by molar-refractivity contribution is 0.0955. The van der Waals surface area contributed by atoms with Crippen LogP contribution >= 0.6 is 31.9 Å². The number of halogens is 2. The number of amides is 1. The predicted octanol–water partition coefficient (Wildman–Crippen LogP) is 3.39. The summed E-state index contributed by atoms with van der Waals surface area (Å²) in [6, 6.07) is 9.48. The smallest absolute Gasteiger partial charge is 0.271 e. The van der Waals surface area contributed by atoms with Gasteiger partial charge in [-0.25, -0.2) is 5.43 Å². The van der Waals surface area contributed by atoms with Gasteiger partial charge in [0.2, 0.25) is 0 Å². The number of hydrogen-bond acceptors (Lipinski definition) is 4. The van der Waals surface area contributed by atoms with Gasteiger partial charge in [0.1, 0.15) is 11.5 Å². The minimum atomic E-state index is -0.365. The zero-order valence-corrected chi connectivity index (χ0v) is 13.7. The summed E-state index contributed by atoms with van der Waals surface area (Å²) in [6.07, 6.45) is 1.29. The Bertz CT molecular complexity index is 700. The minimum Gasteiger partial charge on any atom is -0.507 e. The molecule has 2 rings (SSSR count). The Balaban J connectivity index is 2.07. The van der Waals surface area contributed by atoms with E-state index in [1.807, 2.05) is 0 Å². The highest BCUT2D eigenvalue weighted by molar-refractivity contribution is 9.10. The Morgan fingerprint density at radius 1 is 1.10 bits per heavy atom. The zero-order chi connectivity index (χ0) is 15.4. The van der Waals surface area contributed by atoms with Gasteiger partial charge in [-0.2, -0.15) is 5.10 Å². The van der Waals surface area contributed by atoms with Crippen LogP contribution in [0.1, 0.15) is 15.9 Å². The average molecular weight is 414 g/mol. The third-order valence-electron chi connectivity index (χ3n) is 2.57. The van der Waals surface area contributed by atoms with Gasteiger partial charge in [0.25, 0.3) is 5.91 Å². The molecule has 0 aliphatic heterocycles. The number of benzene rings is 2. The summed E-state index contributed by atoms with van der Waals surface area (Å²) in [5.41, 5.74) is 3.18. The van der Waals surface area contributed by atoms with E-state index >= 15 is 0 Å². The summed E-state index contributed by atoms with van der Waals surface area (Å²) >= 11 is 6.41. The number of phenols is 2. The summed E-state index contributed by atoms with van der Waals surface area (Å²) in [7, 11) is 0. The van der Waals surface area contributed by atoms with Crippen LogP contribution in [-0.2, 0) is 0 Å². The van der Waals surface area contributed by atoms with E-state index in [4.69, 9.17) is 0 Å². The van der Waals surface area contributed by atoms with Gasteiger partial charge in [0.05, 0.1) is 10.7 Å². The maximum absolute atomic E-state index is 11.8. The second-order valence-corrected chi connectivity index (χ2v) is 5.84. The molecule has 1 amide bonds. The van der Waals surface area contributed by atoms with Gasteiger partial charge >= 0.3 is 0 Å². The highest BCUT2D eigenvalue weighted by Gasteiger charge is 2.06. The van der Waals surface area contributed by atoms with Crippen molar-refractivity contribution in [1.29, 1.82) is 0 Å². The first-order chi connectivity index (χ1) is 9.97. The number of hydrogen-bond donors (Lipinski definition) is 3. The molecule has 0 aromatic heterocycles. The maximum Gasteiger partial charge on any atom is 0.271 e. The van der Waals surface area contributed by atoms with E-state index in [1.54, 1.807) is 24.3 Å². The van der Waals surface area contributed by atoms with E-state index in [9.17, 15) is 15.0 Å². The van der Waals surface area contributed by atoms with Gasteiger partial charge in [-0.15, -0.1) is 0 Å². The first kappa shape index (κ1) is 15.5. The Hall–Kier alpha value is -1.86. The van der Waals surface area contributed by atoms with Crippen LogP contribution in [0.3, 0.4) is 0 Å². The fourth-order valence-electron chi connectivity index (χ4n) is 1.50. The van der Waals surface area contributed by atoms with Crippen molar-refractivity contribution in [3.05, 3.63) is 56.5 Å². The molecular formula is C14H10Br2N2O3. The summed E-state index contributed by atoms with van der Waals surface area (Å²) in [6.45, 7) is 0. The summed E-state index contributed by atoms with van der Waals surface area (Å²) in [5, 5.41) is 22.8. The van der Waals surface area contributed by atoms with Crippen molar-refractivity contribution in [2.45, 2.75) is 0 Å². The molecule has 7 heteroatoms. The summed E-state index contributed by atoms with van der Waals surface area (Å²) < 4.78 is 1.29. The van der Waals surface area contributed by atoms with E-state index < -0.39 is 0 Å². The van der Waals surface area contributed by atoms with Gasteiger partial charge in [0.15, 0.2) is 0 Å². The lowest BCUT2D eigenvalue weighted by Crippen LogP contribution is -2.17. The molecule has 0 saturated heterocycles. The van der Waals surface area contributed by atoms with Crippen molar-refractivity contribution in [2.24, 2.45) is 5.10 Å². The molecule has 0 atom stereocenters. The van der Waals surface area contributed by atoms with Crippen molar-refractivity contribution in [1.82, 2.24) is 5.43 Å². The van der Waals surface area contributed by atoms with Crippen LogP contribution in [0.25, 0.3) is 0 Å². The first-order valence-electron chi connectivity index (χ1n) is 5.78. The molecule has 5 nitrogen and oxygen atoms in total. The van der Waals surface area contributed by atoms with Gasteiger partial charge in [-0.3, -0.25) is 4.79 Å². The van der Waals surface area contributed by atoms with Crippen LogP contribution in [0, 0.1) is 0 Å². The number of hydrazone groups is 1. The molecule has 0 heterocycles. The van der Waals surface area contributed by atoms with Crippen molar-refractivity contribution in [3.63, 3.8) is 0 Å². The van der Waals surface area contributed by atoms with E-state index in [-0.39, 0.29) is 17.4 Å². The topological polar surface area (TPSA) is 81.9 Å². The van der Waals surface area contributed by atoms with Crippen LogP contribution in [0.4, 0.5) is 0 Å². The lowest BCUT2D eigenvalue weighted by atomic mass is 10.2. The van der Waals surface area contributed by atoms with Crippen LogP contribution in [0.2, 0.25) is 0 Å². The molecule has 0 spiro atoms. The normalized spacial score (nSPS) is 10.8. The van der Waals surface area contributed by atoms with Crippen LogP contribution in [0.5, 0.6) is 11.5 Å². The third kappa shape index (κ3) is 4.05. The molecule has 0 aliphatic rings. The molecule has 0 radical (unpaired) electrons. The molecule has 21 heavy (non-hydrogen) atoms. The second-order valence-electron chi connectivity index (χ2n) is 4.07. The number of carbonyl (C=O) groups excluding carboxylic acids is 1. The zero-order valence-electron chi connectivity index (χ0n) is 10.5. The fourth-order valence-corrected chi connectivity index (χ4v) is 2.12. The fraction of sp³-hybridized carbons (Fsp3) is 0. The first-order valence-corrected chi connectivity index (χ1v) is 7.36. The number of phenolic OH excluding ortho intramolecular Hbond substituents is 2. The quantitative estimate of drug-likeness (QED) is 0.532. The SMILES string of the molecule is O=C(N/N=C/c1cc(Br)c(O)cc1O)c1ccc(Br)cc1. The molecule has 0 unspecified atom stereocenters. The van der Waals surface area contributed by atoms with Crippen LogP contribution < -0.4 is 5.43 Å². The molecule has 0 aliphatic carbocycles. The Morgan fingerprint density at radius 3 is 2.43 bits per heavy atom. The van der Waals surface area contributed by atoms with Gasteiger partial charge < -0.3 is 10.2 Å². The number of nitrogens with zero attached hydrogens (tertiary/aromatic N) is 1. The van der Waals surface area contributed by atoms with Crippen molar-refractivity contribution in [3.8, 4) is 11.5 Å². The number of aromatic hydroxyl groups is 2. The Kier molecular flexibility index (Phi) is 4.98. The van der Waals surface area contributed by atoms with Gasteiger partial charge in [0, 0.05) is 21.7 Å². The molecule has 0 fully saturated rings. The lowest BCUT2D eigenvalue weighted by Gasteiger charge is -2.03. The largest absolute Gasteiger partial charge is 0.507 e. The van der Waals surface area contributed by atoms with E-state index in [0.717, 1.165) is 4.47 Å². The number of nitrogens with one attached hydrogen (secondary N) is 1. The van der Waals surface area contributed by atoms with Crippen LogP contribution in [0.15, 0.2) is 50.4 Å². The Labute approximate surface area is 137 Å². The molecule has 2 aromatic carbocycles. The monoisotopic (exact) mass is 412 g/mol. The number of carbonyl (C=O) groups is 1. The van der Waals surface area contributed by atoms with E-state index in [2.05, 4.69) is 42.4 Å². The van der Waals surface area contributed by atoms with Crippen molar-refractivity contribution < 1.29 is 15.0 Å². The molecule has 2 aromatic rings. The molecule has 3 N–H and O–H groups in total. The molecular weight excluding hydrogens is 404 g/mol. The van der Waals surface area contributed by atoms with E-state index in [1.165, 1.54) is 18.3 Å². The molecule has 108 valence electrons. The van der Waals surface area contributed by atoms with Crippen molar-refractivity contribution in [2.75, 3.05) is 0 Å². The maximum atomic E-state index is 11.8. The molecule has 0 saturated carbocycles. The summed E-state index contributed by atoms with van der Waals surface area (Å²) in [5.74, 6) is -0.586. The average Bonchev–Trinajstić information content (AvgIpc) is 2.45. The van der Waals surface area contributed by atoms with Gasteiger partial charge in [-0.05, 0) is 46.3 Å². The number of rotatable bonds is 3. The highest BCUT2D eigenvalue weighted by Crippen LogP contribution is 2.30. The third-order valence-corrected chi connectivity index (χ3v) is 3.74. The summed E-state index contributed by atoms with van der Waals surface area (Å²) in [4.78, 5) is 11.8. The highest BCUT2D eigenvalue weighted by atomic mass is 79.9.